The van der Waals surface area contributed by atoms with Gasteiger partial charge < -0.3 is 26.9 Å². The number of allylic oxidation sites excluding steroid dienone is 1. The predicted octanol–water partition coefficient (Wildman–Crippen LogP) is 2.75. The predicted molar refractivity (Wildman–Crippen MR) is 103 cm³/mol. The van der Waals surface area contributed by atoms with Crippen molar-refractivity contribution in [3.8, 4) is 5.75 Å². The second kappa shape index (κ2) is 9.67. The van der Waals surface area contributed by atoms with E-state index in [-0.39, 0.29) is 11.7 Å². The molecule has 1 heterocycles. The number of para-hydroxylation sites is 1. The van der Waals surface area contributed by atoms with Crippen LogP contribution < -0.4 is 16.8 Å². The second-order valence-electron chi connectivity index (χ2n) is 5.11. The molecule has 1 aromatic heterocycles. The molecule has 1 amide bonds. The van der Waals surface area contributed by atoms with E-state index in [1.165, 1.54) is 6.08 Å². The van der Waals surface area contributed by atoms with E-state index in [0.29, 0.717) is 29.2 Å². The van der Waals surface area contributed by atoms with Crippen LogP contribution >= 0.6 is 0 Å². The minimum absolute atomic E-state index is 0.101. The highest BCUT2D eigenvalue weighted by atomic mass is 16.3. The zero-order valence-corrected chi connectivity index (χ0v) is 14.3. The maximum atomic E-state index is 11.1. The Morgan fingerprint density at radius 2 is 2.00 bits per heavy atom. The number of phenols is 1. The fourth-order valence-electron chi connectivity index (χ4n) is 1.98. The van der Waals surface area contributed by atoms with Crippen LogP contribution in [0.1, 0.15) is 23.7 Å². The first-order valence-electron chi connectivity index (χ1n) is 7.63. The Morgan fingerprint density at radius 3 is 2.60 bits per heavy atom. The molecule has 0 bridgehead atoms. The van der Waals surface area contributed by atoms with E-state index < -0.39 is 0 Å². The van der Waals surface area contributed by atoms with Crippen molar-refractivity contribution in [3.63, 3.8) is 0 Å². The van der Waals surface area contributed by atoms with Crippen LogP contribution in [0.2, 0.25) is 0 Å². The van der Waals surface area contributed by atoms with Crippen LogP contribution in [0.3, 0.4) is 0 Å². The van der Waals surface area contributed by atoms with Crippen LogP contribution in [-0.2, 0) is 11.3 Å². The molecule has 1 aromatic carbocycles. The highest BCUT2D eigenvalue weighted by Gasteiger charge is 2.07. The first-order valence-corrected chi connectivity index (χ1v) is 7.63. The van der Waals surface area contributed by atoms with Crippen LogP contribution in [0, 0.1) is 0 Å². The number of nitrogens with one attached hydrogen (secondary N) is 2. The maximum Gasteiger partial charge on any atom is 0.243 e. The normalized spacial score (nSPS) is 10.4. The molecule has 132 valence electrons. The van der Waals surface area contributed by atoms with E-state index in [0.717, 1.165) is 5.69 Å². The van der Waals surface area contributed by atoms with Crippen molar-refractivity contribution in [2.45, 2.75) is 13.5 Å². The van der Waals surface area contributed by atoms with Gasteiger partial charge in [-0.3, -0.25) is 4.79 Å². The number of carbonyl (C=O) groups is 1. The van der Waals surface area contributed by atoms with Crippen LogP contribution in [0.25, 0.3) is 11.8 Å². The lowest BCUT2D eigenvalue weighted by atomic mass is 10.1. The molecular weight excluding hydrogens is 316 g/mol. The molecule has 7 N–H and O–H groups in total. The third kappa shape index (κ3) is 5.95. The maximum absolute atomic E-state index is 11.1. The number of benzene rings is 1. The molecule has 0 spiro atoms. The number of aromatic nitrogens is 1. The SMILES string of the molecule is C=CC.C=CC(=O)NCc1cc(/C=C(\N)c2ccccc2O)c(N)[nH]1. The quantitative estimate of drug-likeness (QED) is 0.425. The molecule has 0 atom stereocenters. The van der Waals surface area contributed by atoms with Crippen molar-refractivity contribution in [1.29, 1.82) is 0 Å². The number of phenolic OH excluding ortho intramolecular Hbond substituents is 1. The molecule has 25 heavy (non-hydrogen) atoms. The molecular formula is C19H24N4O2. The number of hydrogen-bond donors (Lipinski definition) is 5. The summed E-state index contributed by atoms with van der Waals surface area (Å²) in [6.45, 7) is 8.94. The molecule has 0 fully saturated rings. The Balaban J connectivity index is 0.000000970. The lowest BCUT2D eigenvalue weighted by Gasteiger charge is -2.04. The molecule has 6 heteroatoms. The Hall–Kier alpha value is -3.41. The summed E-state index contributed by atoms with van der Waals surface area (Å²) in [5, 5.41) is 12.4. The van der Waals surface area contributed by atoms with Gasteiger partial charge in [-0.25, -0.2) is 0 Å². The second-order valence-corrected chi connectivity index (χ2v) is 5.11. The van der Waals surface area contributed by atoms with E-state index in [1.54, 1.807) is 42.5 Å². The Kier molecular flexibility index (Phi) is 7.59. The number of rotatable bonds is 5. The number of aromatic hydroxyl groups is 1. The highest BCUT2D eigenvalue weighted by Crippen LogP contribution is 2.24. The summed E-state index contributed by atoms with van der Waals surface area (Å²) >= 11 is 0. The molecule has 2 aromatic rings. The topological polar surface area (TPSA) is 117 Å². The van der Waals surface area contributed by atoms with Crippen molar-refractivity contribution in [3.05, 3.63) is 72.5 Å². The first kappa shape index (κ1) is 19.6. The standard InChI is InChI=1S/C16H18N4O2.C3H6/c1-2-15(22)19-9-11-7-10(16(18)20-11)8-13(17)12-5-3-4-6-14(12)21;1-3-2/h2-8,20-21H,1,9,17-18H2,(H,19,22);3H,1H2,2H3/b13-8-;. The zero-order valence-electron chi connectivity index (χ0n) is 14.3. The van der Waals surface area contributed by atoms with Gasteiger partial charge in [-0.1, -0.05) is 24.8 Å². The Bertz CT molecular complexity index is 775. The molecule has 0 aliphatic rings. The van der Waals surface area contributed by atoms with Gasteiger partial charge in [0.2, 0.25) is 5.91 Å². The van der Waals surface area contributed by atoms with Gasteiger partial charge in [-0.2, -0.15) is 0 Å². The highest BCUT2D eigenvalue weighted by molar-refractivity contribution is 5.87. The number of H-pyrrole nitrogens is 1. The van der Waals surface area contributed by atoms with Crippen molar-refractivity contribution < 1.29 is 9.90 Å². The summed E-state index contributed by atoms with van der Waals surface area (Å²) in [5.74, 6) is 0.268. The number of nitrogen functional groups attached to an aromatic ring is 1. The van der Waals surface area contributed by atoms with Gasteiger partial charge in [-0.15, -0.1) is 6.58 Å². The monoisotopic (exact) mass is 340 g/mol. The summed E-state index contributed by atoms with van der Waals surface area (Å²) in [5.41, 5.74) is 14.2. The van der Waals surface area contributed by atoms with E-state index in [2.05, 4.69) is 23.5 Å². The number of anilines is 1. The van der Waals surface area contributed by atoms with Gasteiger partial charge in [0, 0.05) is 22.5 Å². The van der Waals surface area contributed by atoms with Gasteiger partial charge in [0.25, 0.3) is 0 Å². The Labute approximate surface area is 147 Å². The number of aromatic amines is 1. The average molecular weight is 340 g/mol. The van der Waals surface area contributed by atoms with Crippen LogP contribution in [0.4, 0.5) is 5.82 Å². The largest absolute Gasteiger partial charge is 0.507 e. The summed E-state index contributed by atoms with van der Waals surface area (Å²) in [6, 6.07) is 8.57. The third-order valence-electron chi connectivity index (χ3n) is 3.10. The molecule has 0 saturated heterocycles. The minimum Gasteiger partial charge on any atom is -0.507 e. The number of amides is 1. The molecule has 0 aliphatic carbocycles. The lowest BCUT2D eigenvalue weighted by Crippen LogP contribution is -2.20. The molecule has 2 rings (SSSR count). The van der Waals surface area contributed by atoms with E-state index in [4.69, 9.17) is 11.5 Å². The molecule has 6 nitrogen and oxygen atoms in total. The van der Waals surface area contributed by atoms with E-state index in [9.17, 15) is 9.90 Å². The average Bonchev–Trinajstić information content (AvgIpc) is 2.93. The summed E-state index contributed by atoms with van der Waals surface area (Å²) < 4.78 is 0. The van der Waals surface area contributed by atoms with Crippen LogP contribution in [0.5, 0.6) is 5.75 Å². The van der Waals surface area contributed by atoms with Crippen LogP contribution in [-0.4, -0.2) is 16.0 Å². The van der Waals surface area contributed by atoms with Crippen molar-refractivity contribution in [1.82, 2.24) is 10.3 Å². The summed E-state index contributed by atoms with van der Waals surface area (Å²) in [4.78, 5) is 14.1. The zero-order chi connectivity index (χ0) is 18.8. The lowest BCUT2D eigenvalue weighted by molar-refractivity contribution is -0.116. The van der Waals surface area contributed by atoms with Crippen molar-refractivity contribution >= 4 is 23.5 Å². The van der Waals surface area contributed by atoms with Gasteiger partial charge in [0.1, 0.15) is 11.6 Å². The van der Waals surface area contributed by atoms with Gasteiger partial charge in [0.05, 0.1) is 6.54 Å². The minimum atomic E-state index is -0.265. The number of nitrogens with two attached hydrogens (primary N) is 2. The molecule has 0 unspecified atom stereocenters. The van der Waals surface area contributed by atoms with E-state index >= 15 is 0 Å². The van der Waals surface area contributed by atoms with Crippen molar-refractivity contribution in [2.24, 2.45) is 5.73 Å². The van der Waals surface area contributed by atoms with Gasteiger partial charge >= 0.3 is 0 Å². The summed E-state index contributed by atoms with van der Waals surface area (Å²) in [7, 11) is 0. The first-order chi connectivity index (χ1) is 11.9. The molecule has 0 aliphatic heterocycles. The van der Waals surface area contributed by atoms with Gasteiger partial charge in [0.15, 0.2) is 0 Å². The fraction of sp³-hybridized carbons (Fsp3) is 0.105. The number of hydrogen-bond acceptors (Lipinski definition) is 4. The van der Waals surface area contributed by atoms with Gasteiger partial charge in [-0.05, 0) is 37.3 Å². The molecule has 0 saturated carbocycles. The van der Waals surface area contributed by atoms with E-state index in [1.807, 2.05) is 6.92 Å². The molecule has 0 radical (unpaired) electrons. The smallest absolute Gasteiger partial charge is 0.243 e. The van der Waals surface area contributed by atoms with Crippen LogP contribution in [0.15, 0.2) is 55.6 Å². The Morgan fingerprint density at radius 1 is 1.36 bits per heavy atom. The fourth-order valence-corrected chi connectivity index (χ4v) is 1.98. The third-order valence-corrected chi connectivity index (χ3v) is 3.10. The van der Waals surface area contributed by atoms with Crippen molar-refractivity contribution in [2.75, 3.05) is 5.73 Å². The summed E-state index contributed by atoms with van der Waals surface area (Å²) in [6.07, 6.45) is 4.61. The number of carbonyl (C=O) groups excluding carboxylic acids is 1.